The Balaban J connectivity index is 1.67. The molecular formula is C22H21NO3. The molecule has 0 heterocycles. The van der Waals surface area contributed by atoms with E-state index >= 15 is 0 Å². The molecule has 0 aliphatic carbocycles. The number of carboxylic acid groups (broad SMARTS) is 1. The van der Waals surface area contributed by atoms with Gasteiger partial charge in [-0.1, -0.05) is 60.2 Å². The van der Waals surface area contributed by atoms with Gasteiger partial charge in [-0.3, -0.25) is 9.59 Å². The Bertz CT molecular complexity index is 949. The largest absolute Gasteiger partial charge is 0.481 e. The highest BCUT2D eigenvalue weighted by Crippen LogP contribution is 2.16. The summed E-state index contributed by atoms with van der Waals surface area (Å²) in [4.78, 5) is 24.0. The molecule has 0 saturated carbocycles. The van der Waals surface area contributed by atoms with Gasteiger partial charge in [0.25, 0.3) is 5.91 Å². The van der Waals surface area contributed by atoms with E-state index in [1.54, 1.807) is 6.07 Å². The van der Waals surface area contributed by atoms with Crippen LogP contribution in [0, 0.1) is 12.8 Å². The number of hydrogen-bond donors (Lipinski definition) is 2. The van der Waals surface area contributed by atoms with Crippen molar-refractivity contribution in [2.75, 3.05) is 6.54 Å². The van der Waals surface area contributed by atoms with E-state index in [0.29, 0.717) is 12.0 Å². The van der Waals surface area contributed by atoms with Crippen molar-refractivity contribution in [2.24, 2.45) is 5.92 Å². The van der Waals surface area contributed by atoms with E-state index in [9.17, 15) is 14.7 Å². The molecule has 2 N–H and O–H groups in total. The first-order valence-electron chi connectivity index (χ1n) is 8.58. The van der Waals surface area contributed by atoms with E-state index in [-0.39, 0.29) is 12.5 Å². The van der Waals surface area contributed by atoms with Gasteiger partial charge in [0, 0.05) is 12.1 Å². The van der Waals surface area contributed by atoms with Gasteiger partial charge < -0.3 is 10.4 Å². The second-order valence-electron chi connectivity index (χ2n) is 6.50. The van der Waals surface area contributed by atoms with Gasteiger partial charge >= 0.3 is 5.97 Å². The van der Waals surface area contributed by atoms with Gasteiger partial charge in [0.1, 0.15) is 0 Å². The number of benzene rings is 3. The summed E-state index contributed by atoms with van der Waals surface area (Å²) in [6.07, 6.45) is 0.384. The van der Waals surface area contributed by atoms with Crippen LogP contribution in [0.3, 0.4) is 0 Å². The molecule has 0 aromatic heterocycles. The average Bonchev–Trinajstić information content (AvgIpc) is 2.64. The molecule has 4 heteroatoms. The van der Waals surface area contributed by atoms with E-state index in [1.807, 2.05) is 67.6 Å². The molecule has 1 unspecified atom stereocenters. The molecule has 132 valence electrons. The summed E-state index contributed by atoms with van der Waals surface area (Å²) in [5.74, 6) is -1.84. The van der Waals surface area contributed by atoms with Crippen molar-refractivity contribution in [3.8, 4) is 0 Å². The Morgan fingerprint density at radius 3 is 2.46 bits per heavy atom. The standard InChI is InChI=1S/C22H21NO3/c1-15-5-4-6-16(11-15)12-20(22(25)26)14-23-21(24)19-10-9-17-7-2-3-8-18(17)13-19/h2-11,13,20H,12,14H2,1H3,(H,23,24)(H,25,26). The van der Waals surface area contributed by atoms with E-state index in [1.165, 1.54) is 0 Å². The lowest BCUT2D eigenvalue weighted by Crippen LogP contribution is -2.34. The molecule has 0 spiro atoms. The number of nitrogens with one attached hydrogen (secondary N) is 1. The summed E-state index contributed by atoms with van der Waals surface area (Å²) in [5, 5.41) is 14.3. The molecule has 0 aliphatic rings. The van der Waals surface area contributed by atoms with Gasteiger partial charge in [0.15, 0.2) is 0 Å². The fourth-order valence-electron chi connectivity index (χ4n) is 3.02. The maximum Gasteiger partial charge on any atom is 0.308 e. The Kier molecular flexibility index (Phi) is 5.32. The molecule has 0 saturated heterocycles. The predicted octanol–water partition coefficient (Wildman–Crippen LogP) is 3.82. The van der Waals surface area contributed by atoms with Crippen LogP contribution in [0.4, 0.5) is 0 Å². The number of rotatable bonds is 6. The first kappa shape index (κ1) is 17.7. The molecule has 0 aliphatic heterocycles. The van der Waals surface area contributed by atoms with Crippen LogP contribution in [0.2, 0.25) is 0 Å². The highest BCUT2D eigenvalue weighted by molar-refractivity contribution is 5.98. The van der Waals surface area contributed by atoms with Gasteiger partial charge in [-0.05, 0) is 41.8 Å². The minimum atomic E-state index is -0.912. The van der Waals surface area contributed by atoms with Crippen LogP contribution in [0.5, 0.6) is 0 Å². The van der Waals surface area contributed by atoms with E-state index in [2.05, 4.69) is 5.32 Å². The Morgan fingerprint density at radius 1 is 0.962 bits per heavy atom. The lowest BCUT2D eigenvalue weighted by Gasteiger charge is -2.14. The summed E-state index contributed by atoms with van der Waals surface area (Å²) in [7, 11) is 0. The maximum absolute atomic E-state index is 12.4. The van der Waals surface area contributed by atoms with Gasteiger partial charge in [0.05, 0.1) is 5.92 Å². The molecule has 3 aromatic rings. The Hall–Kier alpha value is -3.14. The van der Waals surface area contributed by atoms with Crippen molar-refractivity contribution in [3.63, 3.8) is 0 Å². The zero-order valence-electron chi connectivity index (χ0n) is 14.6. The Labute approximate surface area is 152 Å². The second-order valence-corrected chi connectivity index (χ2v) is 6.50. The van der Waals surface area contributed by atoms with Crippen molar-refractivity contribution >= 4 is 22.6 Å². The van der Waals surface area contributed by atoms with Crippen LogP contribution < -0.4 is 5.32 Å². The smallest absolute Gasteiger partial charge is 0.308 e. The zero-order valence-corrected chi connectivity index (χ0v) is 14.6. The number of aliphatic carboxylic acids is 1. The SMILES string of the molecule is Cc1cccc(CC(CNC(=O)c2ccc3ccccc3c2)C(=O)O)c1. The number of amides is 1. The number of carbonyl (C=O) groups is 2. The fourth-order valence-corrected chi connectivity index (χ4v) is 3.02. The summed E-state index contributed by atoms with van der Waals surface area (Å²) >= 11 is 0. The average molecular weight is 347 g/mol. The number of fused-ring (bicyclic) bond motifs is 1. The summed E-state index contributed by atoms with van der Waals surface area (Å²) in [6, 6.07) is 21.0. The van der Waals surface area contributed by atoms with Crippen molar-refractivity contribution in [1.29, 1.82) is 0 Å². The number of carbonyl (C=O) groups excluding carboxylic acids is 1. The third-order valence-corrected chi connectivity index (χ3v) is 4.43. The van der Waals surface area contributed by atoms with E-state index < -0.39 is 11.9 Å². The summed E-state index contributed by atoms with van der Waals surface area (Å²) in [5.41, 5.74) is 2.58. The topological polar surface area (TPSA) is 66.4 Å². The van der Waals surface area contributed by atoms with Gasteiger partial charge in [-0.2, -0.15) is 0 Å². The molecule has 4 nitrogen and oxygen atoms in total. The molecular weight excluding hydrogens is 326 g/mol. The van der Waals surface area contributed by atoms with Gasteiger partial charge in [0.2, 0.25) is 0 Å². The quantitative estimate of drug-likeness (QED) is 0.712. The molecule has 1 atom stereocenters. The zero-order chi connectivity index (χ0) is 18.5. The van der Waals surface area contributed by atoms with Crippen LogP contribution in [0.25, 0.3) is 10.8 Å². The number of aryl methyl sites for hydroxylation is 1. The van der Waals surface area contributed by atoms with Crippen LogP contribution in [0.15, 0.2) is 66.7 Å². The Morgan fingerprint density at radius 2 is 1.73 bits per heavy atom. The third-order valence-electron chi connectivity index (χ3n) is 4.43. The van der Waals surface area contributed by atoms with E-state index in [4.69, 9.17) is 0 Å². The second kappa shape index (κ2) is 7.83. The first-order chi connectivity index (χ1) is 12.5. The van der Waals surface area contributed by atoms with Crippen LogP contribution in [-0.4, -0.2) is 23.5 Å². The molecule has 3 aromatic carbocycles. The third kappa shape index (κ3) is 4.28. The maximum atomic E-state index is 12.4. The van der Waals surface area contributed by atoms with Crippen LogP contribution in [-0.2, 0) is 11.2 Å². The van der Waals surface area contributed by atoms with Gasteiger partial charge in [-0.25, -0.2) is 0 Å². The summed E-state index contributed by atoms with van der Waals surface area (Å²) < 4.78 is 0. The monoisotopic (exact) mass is 347 g/mol. The predicted molar refractivity (Wildman–Crippen MR) is 102 cm³/mol. The molecule has 1 amide bonds. The van der Waals surface area contributed by atoms with Crippen molar-refractivity contribution < 1.29 is 14.7 Å². The van der Waals surface area contributed by atoms with Crippen molar-refractivity contribution in [1.82, 2.24) is 5.32 Å². The highest BCUT2D eigenvalue weighted by atomic mass is 16.4. The summed E-state index contributed by atoms with van der Waals surface area (Å²) in [6.45, 7) is 2.07. The first-order valence-corrected chi connectivity index (χ1v) is 8.58. The minimum absolute atomic E-state index is 0.0922. The molecule has 0 radical (unpaired) electrons. The van der Waals surface area contributed by atoms with Gasteiger partial charge in [-0.15, -0.1) is 0 Å². The van der Waals surface area contributed by atoms with Crippen LogP contribution >= 0.6 is 0 Å². The molecule has 3 rings (SSSR count). The number of hydrogen-bond acceptors (Lipinski definition) is 2. The molecule has 0 bridgehead atoms. The van der Waals surface area contributed by atoms with Crippen molar-refractivity contribution in [3.05, 3.63) is 83.4 Å². The highest BCUT2D eigenvalue weighted by Gasteiger charge is 2.19. The lowest BCUT2D eigenvalue weighted by atomic mass is 9.98. The number of carboxylic acids is 1. The molecule has 0 fully saturated rings. The molecule has 26 heavy (non-hydrogen) atoms. The van der Waals surface area contributed by atoms with Crippen molar-refractivity contribution in [2.45, 2.75) is 13.3 Å². The fraction of sp³-hybridized carbons (Fsp3) is 0.182. The minimum Gasteiger partial charge on any atom is -0.481 e. The lowest BCUT2D eigenvalue weighted by molar-refractivity contribution is -0.141. The van der Waals surface area contributed by atoms with Crippen LogP contribution in [0.1, 0.15) is 21.5 Å². The van der Waals surface area contributed by atoms with E-state index in [0.717, 1.165) is 21.9 Å². The normalized spacial score (nSPS) is 11.9.